The van der Waals surface area contributed by atoms with Crippen molar-refractivity contribution in [1.82, 2.24) is 20.9 Å². The number of Topliss-reactive ketones (excluding diaryl/α,β-unsaturated/α-hetero) is 1. The van der Waals surface area contributed by atoms with E-state index in [-0.39, 0.29) is 43.0 Å². The Balaban J connectivity index is 0.821. The molecule has 22 heteroatoms. The first-order valence-corrected chi connectivity index (χ1v) is 26.8. The van der Waals surface area contributed by atoms with Crippen LogP contribution in [-0.2, 0) is 60.8 Å². The van der Waals surface area contributed by atoms with Crippen molar-refractivity contribution in [2.75, 3.05) is 30.3 Å². The van der Waals surface area contributed by atoms with Crippen LogP contribution in [0.4, 0.5) is 16.2 Å². The molecule has 4 aliphatic carbocycles. The number of aliphatic hydroxyl groups is 2. The van der Waals surface area contributed by atoms with Gasteiger partial charge in [0, 0.05) is 54.1 Å². The Bertz CT molecular complexity index is 2820. The SMILES string of the molecule is CC(=O)N[C@@H](CCCCN)C(=O)NCC(=O)N[C@@H](CCC(=O)O)C(=O)Nc1ccc(COC(=O)Nc2cccc(Cc3ncc([C@@H]4O[C@@H]5C[C@H]6[C@@H]7CCC8=CC(=O)C=C[C@]8(C)[C@H]7[C@@H](O)C[C@]6(C)[C@]5(C(=O)CO)O4)s3)c2)cc1. The van der Waals surface area contributed by atoms with E-state index in [0.717, 1.165) is 22.6 Å². The fraction of sp³-hybridized carbons (Fsp3) is 0.509. The molecule has 2 aromatic carbocycles. The van der Waals surface area contributed by atoms with Gasteiger partial charge in [-0.25, -0.2) is 9.78 Å². The number of nitrogens with two attached hydrogens (primary N) is 1. The number of carbonyl (C=O) groups is 8. The van der Waals surface area contributed by atoms with E-state index in [9.17, 15) is 53.7 Å². The number of fused-ring (bicyclic) bond motifs is 7. The van der Waals surface area contributed by atoms with Crippen LogP contribution in [0.3, 0.4) is 0 Å². The number of ether oxygens (including phenoxy) is 3. The van der Waals surface area contributed by atoms with Gasteiger partial charge in [0.1, 0.15) is 25.3 Å². The molecule has 21 nitrogen and oxygen atoms in total. The lowest BCUT2D eigenvalue weighted by Crippen LogP contribution is -2.63. The van der Waals surface area contributed by atoms with Gasteiger partial charge >= 0.3 is 12.1 Å². The van der Waals surface area contributed by atoms with Crippen molar-refractivity contribution in [3.05, 3.63) is 99.5 Å². The maximum Gasteiger partial charge on any atom is 0.411 e. The molecule has 0 unspecified atom stereocenters. The molecule has 412 valence electrons. The van der Waals surface area contributed by atoms with Crippen molar-refractivity contribution >= 4 is 70.0 Å². The quantitative estimate of drug-likeness (QED) is 0.0639. The lowest BCUT2D eigenvalue weighted by molar-refractivity contribution is -0.200. The van der Waals surface area contributed by atoms with Gasteiger partial charge in [-0.15, -0.1) is 11.3 Å². The molecular weight excluding hydrogens is 1010 g/mol. The number of unbranched alkanes of at least 4 members (excludes halogenated alkanes) is 1. The lowest BCUT2D eigenvalue weighted by Gasteiger charge is -2.59. The van der Waals surface area contributed by atoms with Gasteiger partial charge in [-0.05, 0) is 117 Å². The molecule has 1 aliphatic heterocycles. The average molecular weight is 1080 g/mol. The van der Waals surface area contributed by atoms with E-state index in [4.69, 9.17) is 19.9 Å². The van der Waals surface area contributed by atoms with Gasteiger partial charge in [-0.1, -0.05) is 49.8 Å². The summed E-state index contributed by atoms with van der Waals surface area (Å²) in [5.41, 5.74) is 5.92. The number of carboxylic acids is 1. The number of hydrogen-bond donors (Lipinski definition) is 9. The van der Waals surface area contributed by atoms with Crippen molar-refractivity contribution in [2.24, 2.45) is 34.3 Å². The number of aliphatic carboxylic acids is 1. The first-order chi connectivity index (χ1) is 36.8. The first kappa shape index (κ1) is 56.5. The Morgan fingerprint density at radius 3 is 2.45 bits per heavy atom. The summed E-state index contributed by atoms with van der Waals surface area (Å²) in [5, 5.41) is 45.2. The molecule has 5 aliphatic rings. The molecule has 1 saturated heterocycles. The number of hydrogen-bond acceptors (Lipinski definition) is 16. The zero-order valence-electron chi connectivity index (χ0n) is 43.2. The van der Waals surface area contributed by atoms with Crippen LogP contribution < -0.4 is 32.3 Å². The normalized spacial score (nSPS) is 27.6. The summed E-state index contributed by atoms with van der Waals surface area (Å²) < 4.78 is 18.9. The Hall–Kier alpha value is -6.69. The number of carboxylic acid groups (broad SMARTS) is 1. The zero-order valence-corrected chi connectivity index (χ0v) is 44.0. The maximum atomic E-state index is 14.0. The standard InChI is InChI=1S/C55H67N7O14S/c1-30(64)59-39(9-4-5-20-56)49(71)58-27-45(68)62-40(16-17-47(69)70)50(72)60-34-13-10-31(11-14-34)29-74-52(73)61-35-8-6-7-32(21-35)22-46-57-26-42(77-46)51-75-44-24-38-37-15-12-33-23-36(65)18-19-53(33,2)48(37)41(66)25-54(38,3)55(44,76-51)43(67)28-63/h6-8,10-11,13-14,18-19,21,23,26,37-41,44,48,51,63,66H,4-5,9,12,15-17,20,22,24-25,27-29,56H2,1-3H3,(H,58,71)(H,59,64)(H,60,72)(H,61,73)(H,62,68)(H,69,70)/t37-,38-,39-,40-,41-,44+,48+,51+,53-,54-,55+/m0/s1. The molecule has 4 fully saturated rings. The molecule has 8 rings (SSSR count). The number of carbonyl (C=O) groups excluding carboxylic acids is 7. The number of thiazole rings is 1. The van der Waals surface area contributed by atoms with Gasteiger partial charge in [0.05, 0.1) is 28.6 Å². The topological polar surface area (TPSA) is 324 Å². The van der Waals surface area contributed by atoms with E-state index in [2.05, 4.69) is 38.5 Å². The number of aliphatic hydroxyl groups excluding tert-OH is 2. The monoisotopic (exact) mass is 1080 g/mol. The number of nitrogens with zero attached hydrogens (tertiary/aromatic N) is 1. The first-order valence-electron chi connectivity index (χ1n) is 26.0. The third-order valence-electron chi connectivity index (χ3n) is 16.1. The molecule has 77 heavy (non-hydrogen) atoms. The number of ketones is 2. The van der Waals surface area contributed by atoms with Gasteiger partial charge in [0.25, 0.3) is 0 Å². The number of amides is 5. The minimum absolute atomic E-state index is 0.0324. The molecule has 0 bridgehead atoms. The lowest BCUT2D eigenvalue weighted by atomic mass is 9.46. The van der Waals surface area contributed by atoms with Crippen LogP contribution in [0.5, 0.6) is 0 Å². The molecule has 11 atom stereocenters. The van der Waals surface area contributed by atoms with Crippen molar-refractivity contribution in [1.29, 1.82) is 0 Å². The Morgan fingerprint density at radius 2 is 1.73 bits per heavy atom. The Labute approximate surface area is 449 Å². The highest BCUT2D eigenvalue weighted by Crippen LogP contribution is 2.70. The predicted octanol–water partition coefficient (Wildman–Crippen LogP) is 4.12. The summed E-state index contributed by atoms with van der Waals surface area (Å²) in [7, 11) is 0. The third-order valence-corrected chi connectivity index (χ3v) is 17.1. The molecule has 10 N–H and O–H groups in total. The predicted molar refractivity (Wildman–Crippen MR) is 279 cm³/mol. The van der Waals surface area contributed by atoms with Crippen LogP contribution in [0.2, 0.25) is 0 Å². The summed E-state index contributed by atoms with van der Waals surface area (Å²) in [6.07, 6.45) is 7.25. The van der Waals surface area contributed by atoms with Gasteiger partial charge in [0.15, 0.2) is 23.5 Å². The molecular formula is C55H67N7O14S. The number of allylic oxidation sites excluding steroid dienone is 4. The summed E-state index contributed by atoms with van der Waals surface area (Å²) >= 11 is 1.36. The summed E-state index contributed by atoms with van der Waals surface area (Å²) in [4.78, 5) is 106. The van der Waals surface area contributed by atoms with Crippen LogP contribution in [0.25, 0.3) is 0 Å². The third kappa shape index (κ3) is 12.2. The summed E-state index contributed by atoms with van der Waals surface area (Å²) in [5.74, 6) is -4.35. The fourth-order valence-electron chi connectivity index (χ4n) is 12.6. The van der Waals surface area contributed by atoms with Crippen molar-refractivity contribution in [2.45, 2.75) is 128 Å². The van der Waals surface area contributed by atoms with Crippen molar-refractivity contribution in [3.8, 4) is 0 Å². The van der Waals surface area contributed by atoms with Gasteiger partial charge in [-0.3, -0.25) is 38.9 Å². The van der Waals surface area contributed by atoms with E-state index in [0.29, 0.717) is 66.9 Å². The molecule has 0 radical (unpaired) electrons. The maximum absolute atomic E-state index is 14.0. The highest BCUT2D eigenvalue weighted by Gasteiger charge is 2.76. The number of rotatable bonds is 22. The average Bonchev–Trinajstić information content (AvgIpc) is 4.14. The highest BCUT2D eigenvalue weighted by atomic mass is 32.1. The molecule has 3 saturated carbocycles. The number of anilines is 2. The van der Waals surface area contributed by atoms with Crippen LogP contribution in [0, 0.1) is 28.6 Å². The van der Waals surface area contributed by atoms with E-state index < -0.39 is 108 Å². The second-order valence-electron chi connectivity index (χ2n) is 21.1. The molecule has 1 aromatic heterocycles. The van der Waals surface area contributed by atoms with Crippen LogP contribution in [-0.4, -0.2) is 117 Å². The molecule has 2 heterocycles. The Kier molecular flexibility index (Phi) is 17.5. The highest BCUT2D eigenvalue weighted by molar-refractivity contribution is 7.11. The second-order valence-corrected chi connectivity index (χ2v) is 22.2. The smallest absolute Gasteiger partial charge is 0.411 e. The second kappa shape index (κ2) is 23.9. The minimum atomic E-state index is -1.49. The number of benzene rings is 2. The molecule has 5 amide bonds. The van der Waals surface area contributed by atoms with Crippen molar-refractivity contribution < 1.29 is 67.9 Å². The number of nitrogens with one attached hydrogen (secondary N) is 5. The Morgan fingerprint density at radius 1 is 0.961 bits per heavy atom. The number of aromatic nitrogens is 1. The fourth-order valence-corrected chi connectivity index (χ4v) is 13.5. The van der Waals surface area contributed by atoms with Crippen LogP contribution >= 0.6 is 11.3 Å². The van der Waals surface area contributed by atoms with Crippen LogP contribution in [0.15, 0.2) is 78.5 Å². The largest absolute Gasteiger partial charge is 0.481 e. The van der Waals surface area contributed by atoms with Crippen LogP contribution in [0.1, 0.15) is 106 Å². The molecule has 3 aromatic rings. The van der Waals surface area contributed by atoms with E-state index in [1.165, 1.54) is 18.3 Å². The van der Waals surface area contributed by atoms with Gasteiger partial charge in [0.2, 0.25) is 23.6 Å². The van der Waals surface area contributed by atoms with Crippen molar-refractivity contribution in [3.63, 3.8) is 0 Å². The van der Waals surface area contributed by atoms with E-state index in [1.54, 1.807) is 60.8 Å². The summed E-state index contributed by atoms with van der Waals surface area (Å²) in [6, 6.07) is 11.3. The minimum Gasteiger partial charge on any atom is -0.481 e. The van der Waals surface area contributed by atoms with E-state index >= 15 is 0 Å². The van der Waals surface area contributed by atoms with Gasteiger partial charge < -0.3 is 56.5 Å². The van der Waals surface area contributed by atoms with E-state index in [1.807, 2.05) is 19.1 Å². The summed E-state index contributed by atoms with van der Waals surface area (Å²) in [6.45, 7) is 4.36. The molecule has 0 spiro atoms. The zero-order chi connectivity index (χ0) is 55.2. The van der Waals surface area contributed by atoms with Gasteiger partial charge in [-0.2, -0.15) is 0 Å².